The highest BCUT2D eigenvalue weighted by atomic mass is 35.5. The first-order valence-corrected chi connectivity index (χ1v) is 13.7. The molecular formula is C26H35ClN10O. The summed E-state index contributed by atoms with van der Waals surface area (Å²) >= 11 is 5.91. The fraction of sp³-hybridized carbons (Fsp3) is 0.538. The van der Waals surface area contributed by atoms with Gasteiger partial charge >= 0.3 is 0 Å². The number of aromatic amines is 1. The Morgan fingerprint density at radius 2 is 1.97 bits per heavy atom. The number of aryl methyl sites for hydroxylation is 1. The van der Waals surface area contributed by atoms with Gasteiger partial charge in [-0.25, -0.2) is 19.9 Å². The molecule has 1 amide bonds. The summed E-state index contributed by atoms with van der Waals surface area (Å²) in [5.41, 5.74) is 7.97. The number of piperidine rings is 1. The van der Waals surface area contributed by atoms with Crippen molar-refractivity contribution in [2.45, 2.75) is 64.6 Å². The van der Waals surface area contributed by atoms with Crippen LogP contribution in [0.3, 0.4) is 0 Å². The van der Waals surface area contributed by atoms with Crippen molar-refractivity contribution in [3.63, 3.8) is 0 Å². The number of carbonyl (C=O) groups is 1. The average molecular weight is 539 g/mol. The molecule has 3 N–H and O–H groups in total. The minimum Gasteiger partial charge on any atom is -0.383 e. The van der Waals surface area contributed by atoms with Crippen LogP contribution in [-0.4, -0.2) is 90.1 Å². The van der Waals surface area contributed by atoms with E-state index in [1.165, 1.54) is 6.33 Å². The van der Waals surface area contributed by atoms with Crippen molar-refractivity contribution in [1.82, 2.24) is 39.9 Å². The standard InChI is InChI=1S/C26H35ClN10O/c1-4-5-19-14-36(25-17(3)32-21(12-29-25)24-30-15-31-34-24)16(2)13-37(19)18-8-10-35(11-9-18)26(38)20-6-7-22(27)33-23(20)28/h6-7,12,15-16,18-19H,4-5,8-11,13-14H2,1-3H3,(H2,28,33)(H,30,31,34)/t16-,19+/m1/s1. The zero-order chi connectivity index (χ0) is 26.8. The van der Waals surface area contributed by atoms with Gasteiger partial charge < -0.3 is 15.5 Å². The van der Waals surface area contributed by atoms with Crippen molar-refractivity contribution < 1.29 is 4.79 Å². The average Bonchev–Trinajstić information content (AvgIpc) is 3.45. The van der Waals surface area contributed by atoms with E-state index in [-0.39, 0.29) is 17.8 Å². The monoisotopic (exact) mass is 538 g/mol. The minimum absolute atomic E-state index is 0.0729. The van der Waals surface area contributed by atoms with E-state index in [4.69, 9.17) is 27.3 Å². The number of hydrogen-bond donors (Lipinski definition) is 2. The number of piperazine rings is 1. The molecule has 3 aromatic heterocycles. The van der Waals surface area contributed by atoms with Gasteiger partial charge in [0, 0.05) is 44.3 Å². The molecule has 38 heavy (non-hydrogen) atoms. The van der Waals surface area contributed by atoms with Crippen molar-refractivity contribution in [2.75, 3.05) is 36.8 Å². The van der Waals surface area contributed by atoms with E-state index in [0.29, 0.717) is 47.4 Å². The highest BCUT2D eigenvalue weighted by Gasteiger charge is 2.38. The number of nitrogens with one attached hydrogen (secondary N) is 1. The largest absolute Gasteiger partial charge is 0.383 e. The van der Waals surface area contributed by atoms with Gasteiger partial charge in [-0.2, -0.15) is 5.10 Å². The van der Waals surface area contributed by atoms with Crippen LogP contribution in [0.5, 0.6) is 0 Å². The third-order valence-corrected chi connectivity index (χ3v) is 7.91. The maximum atomic E-state index is 13.1. The van der Waals surface area contributed by atoms with E-state index >= 15 is 0 Å². The van der Waals surface area contributed by atoms with Crippen LogP contribution in [-0.2, 0) is 0 Å². The molecule has 2 fully saturated rings. The maximum absolute atomic E-state index is 13.1. The Balaban J connectivity index is 1.26. The molecule has 0 aromatic carbocycles. The van der Waals surface area contributed by atoms with Crippen LogP contribution < -0.4 is 10.6 Å². The number of nitrogen functional groups attached to an aromatic ring is 1. The van der Waals surface area contributed by atoms with Gasteiger partial charge in [0.1, 0.15) is 28.8 Å². The molecule has 5 rings (SSSR count). The number of pyridine rings is 1. The molecule has 0 bridgehead atoms. The summed E-state index contributed by atoms with van der Waals surface area (Å²) in [6, 6.07) is 4.41. The second kappa shape index (κ2) is 11.2. The lowest BCUT2D eigenvalue weighted by molar-refractivity contribution is 0.0422. The Morgan fingerprint density at radius 3 is 2.63 bits per heavy atom. The van der Waals surface area contributed by atoms with E-state index in [0.717, 1.165) is 50.3 Å². The lowest BCUT2D eigenvalue weighted by Gasteiger charge is -2.50. The first kappa shape index (κ1) is 26.3. The number of hydrogen-bond acceptors (Lipinski definition) is 9. The molecule has 0 unspecified atom stereocenters. The molecule has 2 aliphatic heterocycles. The molecule has 12 heteroatoms. The number of rotatable bonds is 6. The van der Waals surface area contributed by atoms with Crippen LogP contribution in [0.4, 0.5) is 11.6 Å². The molecule has 202 valence electrons. The number of nitrogens with zero attached hydrogens (tertiary/aromatic N) is 8. The summed E-state index contributed by atoms with van der Waals surface area (Å²) in [7, 11) is 0. The number of H-pyrrole nitrogens is 1. The van der Waals surface area contributed by atoms with E-state index in [2.05, 4.69) is 43.8 Å². The molecule has 2 atom stereocenters. The Bertz CT molecular complexity index is 1260. The maximum Gasteiger partial charge on any atom is 0.257 e. The Morgan fingerprint density at radius 1 is 1.18 bits per heavy atom. The molecule has 0 spiro atoms. The summed E-state index contributed by atoms with van der Waals surface area (Å²) < 4.78 is 0. The highest BCUT2D eigenvalue weighted by Crippen LogP contribution is 2.31. The van der Waals surface area contributed by atoms with Gasteiger partial charge in [0.2, 0.25) is 0 Å². The van der Waals surface area contributed by atoms with Gasteiger partial charge in [0.25, 0.3) is 5.91 Å². The molecule has 2 aliphatic rings. The zero-order valence-corrected chi connectivity index (χ0v) is 22.9. The predicted octanol–water partition coefficient (Wildman–Crippen LogP) is 3.18. The van der Waals surface area contributed by atoms with Crippen molar-refractivity contribution in [1.29, 1.82) is 0 Å². The Kier molecular flexibility index (Phi) is 7.75. The number of halogens is 1. The smallest absolute Gasteiger partial charge is 0.257 e. The fourth-order valence-electron chi connectivity index (χ4n) is 5.80. The van der Waals surface area contributed by atoms with Crippen molar-refractivity contribution in [2.24, 2.45) is 0 Å². The van der Waals surface area contributed by atoms with Gasteiger partial charge in [-0.3, -0.25) is 14.8 Å². The number of nitrogens with two attached hydrogens (primary N) is 1. The molecule has 0 radical (unpaired) electrons. The lowest BCUT2D eigenvalue weighted by Crippen LogP contribution is -2.62. The minimum atomic E-state index is -0.0729. The molecule has 11 nitrogen and oxygen atoms in total. The molecule has 2 saturated heterocycles. The number of anilines is 2. The normalized spacial score (nSPS) is 21.2. The topological polar surface area (TPSA) is 133 Å². The van der Waals surface area contributed by atoms with Crippen LogP contribution in [0.25, 0.3) is 11.5 Å². The third kappa shape index (κ3) is 5.30. The highest BCUT2D eigenvalue weighted by molar-refractivity contribution is 6.29. The first-order valence-electron chi connectivity index (χ1n) is 13.3. The SMILES string of the molecule is CCC[C@H]1CN(c2ncc(-c3ncn[nH]3)nc2C)[C@H](C)CN1C1CCN(C(=O)c2ccc(Cl)nc2N)CC1. The van der Waals surface area contributed by atoms with Crippen molar-refractivity contribution >= 4 is 29.1 Å². The van der Waals surface area contributed by atoms with Gasteiger partial charge in [-0.1, -0.05) is 24.9 Å². The van der Waals surface area contributed by atoms with Crippen LogP contribution in [0.2, 0.25) is 5.15 Å². The van der Waals surface area contributed by atoms with E-state index in [1.807, 2.05) is 11.8 Å². The molecule has 3 aromatic rings. The second-order valence-electron chi connectivity index (χ2n) is 10.2. The summed E-state index contributed by atoms with van der Waals surface area (Å²) in [5.74, 6) is 1.66. The number of aromatic nitrogens is 6. The molecule has 0 saturated carbocycles. The second-order valence-corrected chi connectivity index (χ2v) is 10.6. The first-order chi connectivity index (χ1) is 18.4. The van der Waals surface area contributed by atoms with Crippen molar-refractivity contribution in [3.8, 4) is 11.5 Å². The molecule has 0 aliphatic carbocycles. The quantitative estimate of drug-likeness (QED) is 0.454. The predicted molar refractivity (Wildman–Crippen MR) is 147 cm³/mol. The number of likely N-dealkylation sites (tertiary alicyclic amines) is 1. The summed E-state index contributed by atoms with van der Waals surface area (Å²) in [6.07, 6.45) is 7.33. The lowest BCUT2D eigenvalue weighted by atomic mass is 9.95. The fourth-order valence-corrected chi connectivity index (χ4v) is 5.95. The van der Waals surface area contributed by atoms with Gasteiger partial charge in [-0.15, -0.1) is 0 Å². The van der Waals surface area contributed by atoms with Gasteiger partial charge in [0.15, 0.2) is 5.82 Å². The number of amides is 1. The van der Waals surface area contributed by atoms with E-state index < -0.39 is 0 Å². The summed E-state index contributed by atoms with van der Waals surface area (Å²) in [5, 5.41) is 7.06. The van der Waals surface area contributed by atoms with Gasteiger partial charge in [0.05, 0.1) is 17.5 Å². The van der Waals surface area contributed by atoms with Crippen LogP contribution in [0.1, 0.15) is 55.6 Å². The third-order valence-electron chi connectivity index (χ3n) is 7.70. The van der Waals surface area contributed by atoms with Crippen LogP contribution in [0, 0.1) is 6.92 Å². The van der Waals surface area contributed by atoms with E-state index in [9.17, 15) is 4.79 Å². The Labute approximate surface area is 227 Å². The molecule has 5 heterocycles. The Hall–Kier alpha value is -3.31. The van der Waals surface area contributed by atoms with Crippen LogP contribution in [0.15, 0.2) is 24.7 Å². The zero-order valence-electron chi connectivity index (χ0n) is 22.1. The van der Waals surface area contributed by atoms with Gasteiger partial charge in [-0.05, 0) is 45.2 Å². The number of carbonyl (C=O) groups excluding carboxylic acids is 1. The van der Waals surface area contributed by atoms with Crippen molar-refractivity contribution in [3.05, 3.63) is 41.1 Å². The molecular weight excluding hydrogens is 504 g/mol. The summed E-state index contributed by atoms with van der Waals surface area (Å²) in [6.45, 7) is 9.76. The summed E-state index contributed by atoms with van der Waals surface area (Å²) in [4.78, 5) is 37.8. The van der Waals surface area contributed by atoms with E-state index in [1.54, 1.807) is 18.3 Å². The van der Waals surface area contributed by atoms with Crippen LogP contribution >= 0.6 is 11.6 Å².